The van der Waals surface area contributed by atoms with Gasteiger partial charge in [-0.1, -0.05) is 18.9 Å². The molecule has 0 bridgehead atoms. The standard InChI is InChI=1S/C17H24N4O4S/c22-16(18-9-12-21-10-3-1-2-4-11-21)8-13-26(23,24)15-7-5-6-14-17(15)20-25-19-14/h5-7H,1-4,8-13H2,(H,18,22). The topological polar surface area (TPSA) is 105 Å². The summed E-state index contributed by atoms with van der Waals surface area (Å²) >= 11 is 0. The van der Waals surface area contributed by atoms with E-state index in [-0.39, 0.29) is 28.5 Å². The fourth-order valence-electron chi connectivity index (χ4n) is 3.17. The summed E-state index contributed by atoms with van der Waals surface area (Å²) in [4.78, 5) is 14.4. The first-order valence-corrected chi connectivity index (χ1v) is 10.6. The minimum absolute atomic E-state index is 0.0496. The molecule has 1 amide bonds. The van der Waals surface area contributed by atoms with Crippen LogP contribution in [0.15, 0.2) is 27.7 Å². The SMILES string of the molecule is O=C(CCS(=O)(=O)c1cccc2nonc12)NCCN1CCCCCC1. The van der Waals surface area contributed by atoms with E-state index < -0.39 is 9.84 Å². The molecule has 1 aliphatic heterocycles. The molecule has 9 heteroatoms. The van der Waals surface area contributed by atoms with Crippen molar-refractivity contribution in [2.45, 2.75) is 37.0 Å². The second kappa shape index (κ2) is 8.59. The molecule has 0 aliphatic carbocycles. The van der Waals surface area contributed by atoms with E-state index in [0.29, 0.717) is 12.1 Å². The van der Waals surface area contributed by atoms with Gasteiger partial charge in [-0.15, -0.1) is 0 Å². The van der Waals surface area contributed by atoms with Crippen molar-refractivity contribution in [2.24, 2.45) is 0 Å². The summed E-state index contributed by atoms with van der Waals surface area (Å²) in [5, 5.41) is 10.1. The molecule has 2 heterocycles. The number of aromatic nitrogens is 2. The third kappa shape index (κ3) is 4.79. The molecule has 8 nitrogen and oxygen atoms in total. The highest BCUT2D eigenvalue weighted by Crippen LogP contribution is 2.21. The molecule has 1 N–H and O–H groups in total. The lowest BCUT2D eigenvalue weighted by Crippen LogP contribution is -2.36. The molecule has 3 rings (SSSR count). The lowest BCUT2D eigenvalue weighted by molar-refractivity contribution is -0.120. The van der Waals surface area contributed by atoms with Crippen molar-refractivity contribution >= 4 is 26.8 Å². The zero-order valence-electron chi connectivity index (χ0n) is 14.7. The lowest BCUT2D eigenvalue weighted by atomic mass is 10.2. The van der Waals surface area contributed by atoms with Gasteiger partial charge in [-0.3, -0.25) is 4.79 Å². The number of amides is 1. The molecule has 0 unspecified atom stereocenters. The summed E-state index contributed by atoms with van der Waals surface area (Å²) in [7, 11) is -3.64. The number of sulfone groups is 1. The highest BCUT2D eigenvalue weighted by molar-refractivity contribution is 7.91. The number of hydrogen-bond acceptors (Lipinski definition) is 7. The van der Waals surface area contributed by atoms with E-state index >= 15 is 0 Å². The Bertz CT molecular complexity index is 841. The Morgan fingerprint density at radius 2 is 1.92 bits per heavy atom. The maximum atomic E-state index is 12.5. The molecule has 0 spiro atoms. The number of likely N-dealkylation sites (tertiary alicyclic amines) is 1. The van der Waals surface area contributed by atoms with Gasteiger partial charge in [0.05, 0.1) is 10.6 Å². The molecule has 1 aliphatic rings. The minimum atomic E-state index is -3.64. The average Bonchev–Trinajstić information content (AvgIpc) is 2.96. The Kier molecular flexibility index (Phi) is 6.20. The molecule has 26 heavy (non-hydrogen) atoms. The van der Waals surface area contributed by atoms with Crippen LogP contribution in [0, 0.1) is 0 Å². The van der Waals surface area contributed by atoms with Gasteiger partial charge < -0.3 is 10.2 Å². The van der Waals surface area contributed by atoms with E-state index in [9.17, 15) is 13.2 Å². The molecule has 2 aromatic rings. The van der Waals surface area contributed by atoms with Crippen LogP contribution in [0.25, 0.3) is 11.0 Å². The van der Waals surface area contributed by atoms with Crippen molar-refractivity contribution in [3.63, 3.8) is 0 Å². The third-order valence-electron chi connectivity index (χ3n) is 4.63. The summed E-state index contributed by atoms with van der Waals surface area (Å²) < 4.78 is 29.6. The van der Waals surface area contributed by atoms with E-state index in [0.717, 1.165) is 19.6 Å². The number of nitrogens with one attached hydrogen (secondary N) is 1. The quantitative estimate of drug-likeness (QED) is 0.773. The third-order valence-corrected chi connectivity index (χ3v) is 6.37. The van der Waals surface area contributed by atoms with Gasteiger partial charge in [-0.05, 0) is 48.4 Å². The number of carbonyl (C=O) groups excluding carboxylic acids is 1. The van der Waals surface area contributed by atoms with Crippen molar-refractivity contribution < 1.29 is 17.8 Å². The maximum Gasteiger partial charge on any atom is 0.221 e. The maximum absolute atomic E-state index is 12.5. The van der Waals surface area contributed by atoms with Gasteiger partial charge >= 0.3 is 0 Å². The van der Waals surface area contributed by atoms with Gasteiger partial charge in [0.15, 0.2) is 15.4 Å². The smallest absolute Gasteiger partial charge is 0.221 e. The summed E-state index contributed by atoms with van der Waals surface area (Å²) in [5.41, 5.74) is 0.585. The number of hydrogen-bond donors (Lipinski definition) is 1. The predicted molar refractivity (Wildman–Crippen MR) is 96.4 cm³/mol. The minimum Gasteiger partial charge on any atom is -0.355 e. The lowest BCUT2D eigenvalue weighted by Gasteiger charge is -2.19. The molecular weight excluding hydrogens is 356 g/mol. The van der Waals surface area contributed by atoms with Crippen molar-refractivity contribution in [1.29, 1.82) is 0 Å². The average molecular weight is 380 g/mol. The first-order valence-electron chi connectivity index (χ1n) is 8.99. The molecule has 0 saturated carbocycles. The normalized spacial score (nSPS) is 16.5. The molecule has 0 atom stereocenters. The number of carbonyl (C=O) groups is 1. The zero-order valence-corrected chi connectivity index (χ0v) is 15.5. The van der Waals surface area contributed by atoms with Crippen LogP contribution in [0.4, 0.5) is 0 Å². The van der Waals surface area contributed by atoms with E-state index in [2.05, 4.69) is 25.2 Å². The second-order valence-corrected chi connectivity index (χ2v) is 8.64. The second-order valence-electron chi connectivity index (χ2n) is 6.56. The molecular formula is C17H24N4O4S. The highest BCUT2D eigenvalue weighted by atomic mass is 32.2. The zero-order chi connectivity index (χ0) is 18.4. The van der Waals surface area contributed by atoms with Crippen molar-refractivity contribution in [1.82, 2.24) is 20.5 Å². The monoisotopic (exact) mass is 380 g/mol. The largest absolute Gasteiger partial charge is 0.355 e. The van der Waals surface area contributed by atoms with Gasteiger partial charge in [0.25, 0.3) is 0 Å². The van der Waals surface area contributed by atoms with E-state index in [1.165, 1.54) is 31.7 Å². The van der Waals surface area contributed by atoms with Crippen LogP contribution >= 0.6 is 0 Å². The van der Waals surface area contributed by atoms with Gasteiger partial charge in [0, 0.05) is 19.5 Å². The van der Waals surface area contributed by atoms with Crippen molar-refractivity contribution in [3.05, 3.63) is 18.2 Å². The van der Waals surface area contributed by atoms with Crippen LogP contribution in [-0.4, -0.2) is 61.5 Å². The van der Waals surface area contributed by atoms with Crippen molar-refractivity contribution in [2.75, 3.05) is 31.9 Å². The van der Waals surface area contributed by atoms with Crippen LogP contribution < -0.4 is 5.32 Å². The molecule has 1 saturated heterocycles. The molecule has 1 aromatic heterocycles. The van der Waals surface area contributed by atoms with E-state index in [1.54, 1.807) is 12.1 Å². The van der Waals surface area contributed by atoms with Crippen molar-refractivity contribution in [3.8, 4) is 0 Å². The Balaban J connectivity index is 1.48. The highest BCUT2D eigenvalue weighted by Gasteiger charge is 2.21. The number of rotatable bonds is 7. The van der Waals surface area contributed by atoms with Gasteiger partial charge in [0.1, 0.15) is 5.52 Å². The Hall–Kier alpha value is -2.00. The van der Waals surface area contributed by atoms with Crippen LogP contribution in [0.5, 0.6) is 0 Å². The fraction of sp³-hybridized carbons (Fsp3) is 0.588. The summed E-state index contributed by atoms with van der Waals surface area (Å²) in [6, 6.07) is 4.67. The molecule has 142 valence electrons. The predicted octanol–water partition coefficient (Wildman–Crippen LogP) is 1.38. The summed E-state index contributed by atoms with van der Waals surface area (Å²) in [6.07, 6.45) is 4.87. The van der Waals surface area contributed by atoms with Gasteiger partial charge in [-0.25, -0.2) is 13.0 Å². The van der Waals surface area contributed by atoms with E-state index in [1.807, 2.05) is 0 Å². The van der Waals surface area contributed by atoms with Gasteiger partial charge in [0.2, 0.25) is 5.91 Å². The first-order chi connectivity index (χ1) is 12.6. The Morgan fingerprint density at radius 1 is 1.15 bits per heavy atom. The molecule has 1 fully saturated rings. The number of nitrogens with zero attached hydrogens (tertiary/aromatic N) is 3. The summed E-state index contributed by atoms with van der Waals surface area (Å²) in [6.45, 7) is 3.49. The summed E-state index contributed by atoms with van der Waals surface area (Å²) in [5.74, 6) is -0.525. The first kappa shape index (κ1) is 18.8. The van der Waals surface area contributed by atoms with E-state index in [4.69, 9.17) is 0 Å². The Morgan fingerprint density at radius 3 is 2.69 bits per heavy atom. The number of benzene rings is 1. The van der Waals surface area contributed by atoms with Crippen LogP contribution in [-0.2, 0) is 14.6 Å². The Labute approximate surface area is 152 Å². The molecule has 0 radical (unpaired) electrons. The van der Waals surface area contributed by atoms with Crippen LogP contribution in [0.1, 0.15) is 32.1 Å². The van der Waals surface area contributed by atoms with Crippen LogP contribution in [0.2, 0.25) is 0 Å². The van der Waals surface area contributed by atoms with Gasteiger partial charge in [-0.2, -0.15) is 0 Å². The van der Waals surface area contributed by atoms with Crippen LogP contribution in [0.3, 0.4) is 0 Å². The number of fused-ring (bicyclic) bond motifs is 1. The fourth-order valence-corrected chi connectivity index (χ4v) is 4.57. The molecule has 1 aromatic carbocycles.